The molecule has 1 aromatic carbocycles. The van der Waals surface area contributed by atoms with Crippen molar-refractivity contribution in [3.63, 3.8) is 0 Å². The summed E-state index contributed by atoms with van der Waals surface area (Å²) >= 11 is 0. The molecule has 0 aliphatic carbocycles. The molecule has 3 rings (SSSR count). The average molecular weight is 426 g/mol. The Labute approximate surface area is 186 Å². The molecule has 0 spiro atoms. The highest BCUT2D eigenvalue weighted by Crippen LogP contribution is 2.34. The van der Waals surface area contributed by atoms with Gasteiger partial charge in [-0.15, -0.1) is 0 Å². The monoisotopic (exact) mass is 425 g/mol. The SMILES string of the molecule is COc1cccc(CN2CCC([C@H](NC(=O)C(C)(C)C)c3ccccn3)CC2)c1OC. The van der Waals surface area contributed by atoms with Gasteiger partial charge in [0.05, 0.1) is 26.0 Å². The smallest absolute Gasteiger partial charge is 0.225 e. The summed E-state index contributed by atoms with van der Waals surface area (Å²) in [5.41, 5.74) is 1.63. The van der Waals surface area contributed by atoms with Crippen LogP contribution in [0.25, 0.3) is 0 Å². The third-order valence-corrected chi connectivity index (χ3v) is 5.96. The number of nitrogens with one attached hydrogen (secondary N) is 1. The van der Waals surface area contributed by atoms with E-state index < -0.39 is 5.41 Å². The molecule has 168 valence electrons. The second-order valence-electron chi connectivity index (χ2n) is 9.22. The molecule has 0 saturated carbocycles. The minimum Gasteiger partial charge on any atom is -0.493 e. The Kier molecular flexibility index (Phi) is 7.55. The van der Waals surface area contributed by atoms with Crippen LogP contribution >= 0.6 is 0 Å². The number of piperidine rings is 1. The molecule has 1 atom stereocenters. The van der Waals surface area contributed by atoms with E-state index in [0.717, 1.165) is 55.2 Å². The van der Waals surface area contributed by atoms with Crippen molar-refractivity contribution in [1.29, 1.82) is 0 Å². The molecule has 1 saturated heterocycles. The van der Waals surface area contributed by atoms with E-state index in [4.69, 9.17) is 9.47 Å². The van der Waals surface area contributed by atoms with E-state index in [2.05, 4.69) is 21.3 Å². The van der Waals surface area contributed by atoms with Crippen molar-refractivity contribution in [2.75, 3.05) is 27.3 Å². The van der Waals surface area contributed by atoms with E-state index in [-0.39, 0.29) is 11.9 Å². The van der Waals surface area contributed by atoms with Gasteiger partial charge in [-0.2, -0.15) is 0 Å². The van der Waals surface area contributed by atoms with E-state index >= 15 is 0 Å². The van der Waals surface area contributed by atoms with Crippen LogP contribution in [0.5, 0.6) is 11.5 Å². The molecule has 31 heavy (non-hydrogen) atoms. The van der Waals surface area contributed by atoms with Crippen molar-refractivity contribution in [1.82, 2.24) is 15.2 Å². The summed E-state index contributed by atoms with van der Waals surface area (Å²) in [4.78, 5) is 19.8. The summed E-state index contributed by atoms with van der Waals surface area (Å²) in [6, 6.07) is 11.9. The van der Waals surface area contributed by atoms with Gasteiger partial charge in [0.15, 0.2) is 11.5 Å². The molecule has 1 amide bonds. The first-order valence-electron chi connectivity index (χ1n) is 11.0. The summed E-state index contributed by atoms with van der Waals surface area (Å²) in [6.07, 6.45) is 3.80. The predicted molar refractivity (Wildman–Crippen MR) is 122 cm³/mol. The number of carbonyl (C=O) groups is 1. The molecule has 1 aromatic heterocycles. The van der Waals surface area contributed by atoms with Crippen LogP contribution in [0.3, 0.4) is 0 Å². The number of ether oxygens (including phenoxy) is 2. The largest absolute Gasteiger partial charge is 0.493 e. The zero-order valence-electron chi connectivity index (χ0n) is 19.4. The first kappa shape index (κ1) is 23.1. The molecule has 1 N–H and O–H groups in total. The lowest BCUT2D eigenvalue weighted by molar-refractivity contribution is -0.129. The zero-order chi connectivity index (χ0) is 22.4. The van der Waals surface area contributed by atoms with Gasteiger partial charge in [-0.25, -0.2) is 0 Å². The number of hydrogen-bond acceptors (Lipinski definition) is 5. The van der Waals surface area contributed by atoms with Crippen LogP contribution in [0.4, 0.5) is 0 Å². The quantitative estimate of drug-likeness (QED) is 0.720. The molecule has 0 bridgehead atoms. The topological polar surface area (TPSA) is 63.7 Å². The Morgan fingerprint density at radius 2 is 1.87 bits per heavy atom. The number of pyridine rings is 1. The molecule has 2 aromatic rings. The summed E-state index contributed by atoms with van der Waals surface area (Å²) in [6.45, 7) is 8.57. The average Bonchev–Trinajstić information content (AvgIpc) is 2.77. The number of hydrogen-bond donors (Lipinski definition) is 1. The Morgan fingerprint density at radius 3 is 2.45 bits per heavy atom. The molecule has 1 fully saturated rings. The second-order valence-corrected chi connectivity index (χ2v) is 9.22. The van der Waals surface area contributed by atoms with Crippen LogP contribution < -0.4 is 14.8 Å². The third kappa shape index (κ3) is 5.76. The van der Waals surface area contributed by atoms with Crippen LogP contribution in [0, 0.1) is 11.3 Å². The van der Waals surface area contributed by atoms with Crippen LogP contribution in [0.15, 0.2) is 42.6 Å². The summed E-state index contributed by atoms with van der Waals surface area (Å²) in [5.74, 6) is 1.97. The maximum Gasteiger partial charge on any atom is 0.225 e. The van der Waals surface area contributed by atoms with Crippen molar-refractivity contribution in [2.45, 2.75) is 46.2 Å². The number of benzene rings is 1. The van der Waals surface area contributed by atoms with Crippen molar-refractivity contribution in [2.24, 2.45) is 11.3 Å². The van der Waals surface area contributed by atoms with Gasteiger partial charge in [-0.3, -0.25) is 14.7 Å². The fourth-order valence-electron chi connectivity index (χ4n) is 4.11. The number of aromatic nitrogens is 1. The van der Waals surface area contributed by atoms with Crippen molar-refractivity contribution < 1.29 is 14.3 Å². The van der Waals surface area contributed by atoms with Gasteiger partial charge in [0.25, 0.3) is 0 Å². The van der Waals surface area contributed by atoms with Gasteiger partial charge in [0.1, 0.15) is 0 Å². The van der Waals surface area contributed by atoms with Gasteiger partial charge < -0.3 is 14.8 Å². The van der Waals surface area contributed by atoms with Gasteiger partial charge in [0.2, 0.25) is 5.91 Å². The van der Waals surface area contributed by atoms with E-state index in [0.29, 0.717) is 5.92 Å². The molecule has 6 heteroatoms. The van der Waals surface area contributed by atoms with Crippen LogP contribution in [0.1, 0.15) is 50.9 Å². The van der Waals surface area contributed by atoms with Crippen LogP contribution in [-0.4, -0.2) is 43.1 Å². The maximum absolute atomic E-state index is 12.8. The summed E-state index contributed by atoms with van der Waals surface area (Å²) in [7, 11) is 3.35. The third-order valence-electron chi connectivity index (χ3n) is 5.96. The molecular weight excluding hydrogens is 390 g/mol. The highest BCUT2D eigenvalue weighted by molar-refractivity contribution is 5.81. The van der Waals surface area contributed by atoms with E-state index in [1.54, 1.807) is 20.4 Å². The second kappa shape index (κ2) is 10.1. The Hall–Kier alpha value is -2.60. The Morgan fingerprint density at radius 1 is 1.13 bits per heavy atom. The highest BCUT2D eigenvalue weighted by atomic mass is 16.5. The number of rotatable bonds is 7. The summed E-state index contributed by atoms with van der Waals surface area (Å²) < 4.78 is 11.0. The highest BCUT2D eigenvalue weighted by Gasteiger charge is 2.32. The predicted octanol–water partition coefficient (Wildman–Crippen LogP) is 4.21. The van der Waals surface area contributed by atoms with Gasteiger partial charge >= 0.3 is 0 Å². The Balaban J connectivity index is 1.69. The molecule has 1 aliphatic heterocycles. The van der Waals surface area contributed by atoms with E-state index in [9.17, 15) is 4.79 Å². The number of methoxy groups -OCH3 is 2. The van der Waals surface area contributed by atoms with Gasteiger partial charge in [0, 0.05) is 23.7 Å². The normalized spacial score (nSPS) is 16.5. The zero-order valence-corrected chi connectivity index (χ0v) is 19.4. The number of amides is 1. The lowest BCUT2D eigenvalue weighted by atomic mass is 9.85. The fourth-order valence-corrected chi connectivity index (χ4v) is 4.11. The van der Waals surface area contributed by atoms with Crippen molar-refractivity contribution in [3.8, 4) is 11.5 Å². The van der Waals surface area contributed by atoms with Crippen molar-refractivity contribution >= 4 is 5.91 Å². The fraction of sp³-hybridized carbons (Fsp3) is 0.520. The molecule has 2 heterocycles. The first-order chi connectivity index (χ1) is 14.8. The van der Waals surface area contributed by atoms with Gasteiger partial charge in [-0.05, 0) is 50.0 Å². The summed E-state index contributed by atoms with van der Waals surface area (Å²) in [5, 5.41) is 3.28. The standard InChI is InChI=1S/C25H35N3O3/c1-25(2,3)24(29)27-22(20-10-6-7-14-26-20)18-12-15-28(16-13-18)17-19-9-8-11-21(30-4)23(19)31-5/h6-11,14,18,22H,12-13,15-17H2,1-5H3,(H,27,29)/t22-/m0/s1. The number of carbonyl (C=O) groups excluding carboxylic acids is 1. The first-order valence-corrected chi connectivity index (χ1v) is 11.0. The lowest BCUT2D eigenvalue weighted by Crippen LogP contribution is -2.44. The van der Waals surface area contributed by atoms with E-state index in [1.807, 2.05) is 51.1 Å². The van der Waals surface area contributed by atoms with E-state index in [1.165, 1.54) is 0 Å². The van der Waals surface area contributed by atoms with Crippen LogP contribution in [-0.2, 0) is 11.3 Å². The number of para-hydroxylation sites is 1. The minimum atomic E-state index is -0.434. The van der Waals surface area contributed by atoms with Gasteiger partial charge in [-0.1, -0.05) is 39.0 Å². The lowest BCUT2D eigenvalue weighted by Gasteiger charge is -2.37. The minimum absolute atomic E-state index is 0.0618. The molecule has 0 radical (unpaired) electrons. The molecular formula is C25H35N3O3. The maximum atomic E-state index is 12.8. The van der Waals surface area contributed by atoms with Crippen molar-refractivity contribution in [3.05, 3.63) is 53.9 Å². The number of nitrogens with zero attached hydrogens (tertiary/aromatic N) is 2. The van der Waals surface area contributed by atoms with Crippen LogP contribution in [0.2, 0.25) is 0 Å². The molecule has 0 unspecified atom stereocenters. The number of likely N-dealkylation sites (tertiary alicyclic amines) is 1. The molecule has 6 nitrogen and oxygen atoms in total. The Bertz CT molecular complexity index is 856. The molecule has 1 aliphatic rings.